The predicted molar refractivity (Wildman–Crippen MR) is 117 cm³/mol. The van der Waals surface area contributed by atoms with Crippen LogP contribution in [0.3, 0.4) is 0 Å². The van der Waals surface area contributed by atoms with Crippen molar-refractivity contribution in [1.29, 1.82) is 0 Å². The first-order valence-electron chi connectivity index (χ1n) is 9.93. The van der Waals surface area contributed by atoms with Gasteiger partial charge >= 0.3 is 0 Å². The van der Waals surface area contributed by atoms with Gasteiger partial charge in [0.1, 0.15) is 28.9 Å². The zero-order valence-electron chi connectivity index (χ0n) is 17.7. The van der Waals surface area contributed by atoms with Crippen molar-refractivity contribution in [2.75, 3.05) is 12.0 Å². The Balaban J connectivity index is 1.97. The normalized spacial score (nSPS) is 17.5. The monoisotopic (exact) mass is 451 g/mol. The van der Waals surface area contributed by atoms with E-state index in [1.165, 1.54) is 37.4 Å². The van der Waals surface area contributed by atoms with Crippen LogP contribution in [-0.4, -0.2) is 29.0 Å². The number of rotatable bonds is 4. The van der Waals surface area contributed by atoms with E-state index < -0.39 is 40.8 Å². The van der Waals surface area contributed by atoms with Gasteiger partial charge in [-0.05, 0) is 60.5 Å². The largest absolute Gasteiger partial charge is 0.508 e. The fourth-order valence-electron chi connectivity index (χ4n) is 3.90. The molecule has 1 fully saturated rings. The Bertz CT molecular complexity index is 1300. The van der Waals surface area contributed by atoms with Crippen LogP contribution in [0.2, 0.25) is 0 Å². The minimum absolute atomic E-state index is 0.0709. The highest BCUT2D eigenvalue weighted by Gasteiger charge is 2.47. The van der Waals surface area contributed by atoms with Crippen LogP contribution in [0, 0.1) is 18.6 Å². The molecule has 1 amide bonds. The number of carbonyl (C=O) groups is 2. The number of hydrogen-bond acceptors (Lipinski definition) is 5. The lowest BCUT2D eigenvalue weighted by molar-refractivity contribution is -0.132. The number of methoxy groups -OCH3 is 1. The Morgan fingerprint density at radius 1 is 1.00 bits per heavy atom. The summed E-state index contributed by atoms with van der Waals surface area (Å²) in [5.74, 6) is -3.88. The molecule has 6 nitrogen and oxygen atoms in total. The Kier molecular flexibility index (Phi) is 5.59. The Hall–Kier alpha value is -4.20. The second-order valence-corrected chi connectivity index (χ2v) is 7.54. The van der Waals surface area contributed by atoms with Gasteiger partial charge in [0, 0.05) is 11.6 Å². The van der Waals surface area contributed by atoms with Crippen molar-refractivity contribution in [3.8, 4) is 11.5 Å². The molecule has 1 aliphatic rings. The fraction of sp³-hybridized carbons (Fsp3) is 0.120. The smallest absolute Gasteiger partial charge is 0.300 e. The molecule has 33 heavy (non-hydrogen) atoms. The number of phenolic OH excluding ortho intramolecular Hbond substituents is 1. The molecule has 0 aliphatic carbocycles. The number of halogens is 2. The zero-order chi connectivity index (χ0) is 23.9. The number of carbonyl (C=O) groups excluding carboxylic acids is 2. The molecule has 0 bridgehead atoms. The van der Waals surface area contributed by atoms with Crippen molar-refractivity contribution >= 4 is 23.1 Å². The molecule has 1 aliphatic heterocycles. The first kappa shape index (κ1) is 22.0. The molecule has 2 N–H and O–H groups in total. The number of hydrogen-bond donors (Lipinski definition) is 2. The van der Waals surface area contributed by atoms with E-state index >= 15 is 0 Å². The maximum absolute atomic E-state index is 14.7. The number of ketones is 1. The number of aliphatic hydroxyl groups is 1. The van der Waals surface area contributed by atoms with Gasteiger partial charge in [0.15, 0.2) is 0 Å². The highest BCUT2D eigenvalue weighted by atomic mass is 19.1. The summed E-state index contributed by atoms with van der Waals surface area (Å²) >= 11 is 0. The van der Waals surface area contributed by atoms with E-state index in [2.05, 4.69) is 0 Å². The molecule has 1 unspecified atom stereocenters. The average Bonchev–Trinajstić information content (AvgIpc) is 3.06. The molecule has 168 valence electrons. The van der Waals surface area contributed by atoms with Gasteiger partial charge in [-0.15, -0.1) is 0 Å². The standard InChI is InChI=1S/C25H19F2NO5/c1-13-11-15(5-10-20(13)33-2)23(30)21-22(14-3-7-17(29)8-4-14)28(25(32)24(21)31)19-12-16(26)6-9-18(19)27/h3-12,22,29-30H,1-2H3/b23-21+. The van der Waals surface area contributed by atoms with Crippen molar-refractivity contribution in [2.24, 2.45) is 0 Å². The second kappa shape index (κ2) is 8.38. The van der Waals surface area contributed by atoms with Gasteiger partial charge in [-0.25, -0.2) is 8.78 Å². The highest BCUT2D eigenvalue weighted by Crippen LogP contribution is 2.43. The molecule has 8 heteroatoms. The molecule has 0 saturated carbocycles. The summed E-state index contributed by atoms with van der Waals surface area (Å²) < 4.78 is 33.8. The fourth-order valence-corrected chi connectivity index (χ4v) is 3.90. The third kappa shape index (κ3) is 3.80. The summed E-state index contributed by atoms with van der Waals surface area (Å²) in [5.41, 5.74) is 0.490. The van der Waals surface area contributed by atoms with Gasteiger partial charge in [-0.2, -0.15) is 0 Å². The third-order valence-corrected chi connectivity index (χ3v) is 5.49. The van der Waals surface area contributed by atoms with E-state index in [1.807, 2.05) is 0 Å². The molecule has 3 aromatic carbocycles. The number of amides is 1. The number of aromatic hydroxyl groups is 1. The van der Waals surface area contributed by atoms with Crippen molar-refractivity contribution < 1.29 is 33.3 Å². The summed E-state index contributed by atoms with van der Waals surface area (Å²) in [6, 6.07) is 11.5. The van der Waals surface area contributed by atoms with E-state index in [4.69, 9.17) is 4.74 Å². The number of Topliss-reactive ketones (excluding diaryl/α,β-unsaturated/α-hetero) is 1. The van der Waals surface area contributed by atoms with Gasteiger partial charge in [0.05, 0.1) is 24.4 Å². The number of aliphatic hydroxyl groups excluding tert-OH is 1. The van der Waals surface area contributed by atoms with Crippen LogP contribution in [-0.2, 0) is 9.59 Å². The van der Waals surface area contributed by atoms with E-state index in [9.17, 15) is 28.6 Å². The van der Waals surface area contributed by atoms with Gasteiger partial charge in [0.25, 0.3) is 11.7 Å². The molecule has 0 aromatic heterocycles. The number of ether oxygens (including phenoxy) is 1. The first-order valence-corrected chi connectivity index (χ1v) is 9.93. The van der Waals surface area contributed by atoms with Crippen LogP contribution in [0.4, 0.5) is 14.5 Å². The zero-order valence-corrected chi connectivity index (χ0v) is 17.7. The third-order valence-electron chi connectivity index (χ3n) is 5.49. The lowest BCUT2D eigenvalue weighted by Gasteiger charge is -2.26. The molecule has 0 radical (unpaired) electrons. The molecule has 1 saturated heterocycles. The van der Waals surface area contributed by atoms with Crippen LogP contribution in [0.1, 0.15) is 22.7 Å². The summed E-state index contributed by atoms with van der Waals surface area (Å²) in [7, 11) is 1.49. The van der Waals surface area contributed by atoms with Crippen LogP contribution in [0.25, 0.3) is 5.76 Å². The van der Waals surface area contributed by atoms with Gasteiger partial charge in [-0.1, -0.05) is 12.1 Å². The maximum Gasteiger partial charge on any atom is 0.300 e. The maximum atomic E-state index is 14.7. The first-order chi connectivity index (χ1) is 15.7. The predicted octanol–water partition coefficient (Wildman–Crippen LogP) is 4.61. The molecular weight excluding hydrogens is 432 g/mol. The van der Waals surface area contributed by atoms with Crippen molar-refractivity contribution in [3.63, 3.8) is 0 Å². The van der Waals surface area contributed by atoms with Gasteiger partial charge < -0.3 is 14.9 Å². The quantitative estimate of drug-likeness (QED) is 0.344. The van der Waals surface area contributed by atoms with Crippen LogP contribution >= 0.6 is 0 Å². The minimum Gasteiger partial charge on any atom is -0.508 e. The van der Waals surface area contributed by atoms with Crippen molar-refractivity contribution in [2.45, 2.75) is 13.0 Å². The van der Waals surface area contributed by atoms with Crippen LogP contribution < -0.4 is 9.64 Å². The molecule has 3 aromatic rings. The Morgan fingerprint density at radius 2 is 1.70 bits per heavy atom. The highest BCUT2D eigenvalue weighted by molar-refractivity contribution is 6.51. The van der Waals surface area contributed by atoms with Crippen molar-refractivity contribution in [1.82, 2.24) is 0 Å². The van der Waals surface area contributed by atoms with Crippen LogP contribution in [0.5, 0.6) is 11.5 Å². The van der Waals surface area contributed by atoms with Gasteiger partial charge in [0.2, 0.25) is 0 Å². The number of nitrogens with zero attached hydrogens (tertiary/aromatic N) is 1. The SMILES string of the molecule is COc1ccc(/C(O)=C2\C(=O)C(=O)N(c3cc(F)ccc3F)C2c2ccc(O)cc2)cc1C. The van der Waals surface area contributed by atoms with Crippen molar-refractivity contribution in [3.05, 3.63) is 94.6 Å². The molecule has 4 rings (SSSR count). The molecular formula is C25H19F2NO5. The summed E-state index contributed by atoms with van der Waals surface area (Å²) in [6.07, 6.45) is 0. The molecule has 0 spiro atoms. The Labute approximate surface area is 188 Å². The minimum atomic E-state index is -1.26. The average molecular weight is 451 g/mol. The van der Waals surface area contributed by atoms with Gasteiger partial charge in [-0.3, -0.25) is 14.5 Å². The molecule has 1 heterocycles. The number of benzene rings is 3. The molecule has 1 atom stereocenters. The second-order valence-electron chi connectivity index (χ2n) is 7.54. The summed E-state index contributed by atoms with van der Waals surface area (Å²) in [4.78, 5) is 26.9. The summed E-state index contributed by atoms with van der Waals surface area (Å²) in [6.45, 7) is 1.74. The topological polar surface area (TPSA) is 87.1 Å². The Morgan fingerprint density at radius 3 is 2.33 bits per heavy atom. The van der Waals surface area contributed by atoms with E-state index in [-0.39, 0.29) is 16.9 Å². The van der Waals surface area contributed by atoms with E-state index in [0.29, 0.717) is 16.9 Å². The number of aryl methyl sites for hydroxylation is 1. The summed E-state index contributed by atoms with van der Waals surface area (Å²) in [5, 5.41) is 20.8. The van der Waals surface area contributed by atoms with E-state index in [1.54, 1.807) is 19.1 Å². The number of phenols is 1. The van der Waals surface area contributed by atoms with E-state index in [0.717, 1.165) is 23.1 Å². The number of anilines is 1. The lowest BCUT2D eigenvalue weighted by Crippen LogP contribution is -2.30. The van der Waals surface area contributed by atoms with Crippen LogP contribution in [0.15, 0.2) is 66.2 Å². The lowest BCUT2D eigenvalue weighted by atomic mass is 9.94.